The summed E-state index contributed by atoms with van der Waals surface area (Å²) in [6, 6.07) is 10.6. The van der Waals surface area contributed by atoms with E-state index in [9.17, 15) is 29.2 Å². The normalized spacial score (nSPS) is 18.2. The Morgan fingerprint density at radius 3 is 2.39 bits per heavy atom. The van der Waals surface area contributed by atoms with Crippen LogP contribution in [0, 0.1) is 24.2 Å². The minimum Gasteiger partial charge on any atom is -0.463 e. The SMILES string of the molecule is CCC[C@H](NC(=O)C1Cc2ccccc2N1)C(=O)N[C@H](C(=O)N1CCc2cc(C)ccc2[C@H]1C(=O)N[C@H](C#N)CC(=O)OC(C)C)C(C)C. The predicted molar refractivity (Wildman–Crippen MR) is 184 cm³/mol. The second kappa shape index (κ2) is 16.5. The summed E-state index contributed by atoms with van der Waals surface area (Å²) in [6.07, 6.45) is 1.24. The monoisotopic (exact) mass is 672 g/mol. The lowest BCUT2D eigenvalue weighted by Crippen LogP contribution is -2.59. The Labute approximate surface area is 288 Å². The van der Waals surface area contributed by atoms with Crippen molar-refractivity contribution in [2.24, 2.45) is 5.92 Å². The smallest absolute Gasteiger partial charge is 0.309 e. The average molecular weight is 673 g/mol. The summed E-state index contributed by atoms with van der Waals surface area (Å²) in [4.78, 5) is 69.0. The van der Waals surface area contributed by atoms with Crippen LogP contribution in [0.15, 0.2) is 42.5 Å². The van der Waals surface area contributed by atoms with E-state index in [1.165, 1.54) is 4.90 Å². The van der Waals surface area contributed by atoms with Gasteiger partial charge in [0.2, 0.25) is 23.6 Å². The highest BCUT2D eigenvalue weighted by molar-refractivity contribution is 5.96. The van der Waals surface area contributed by atoms with Crippen molar-refractivity contribution < 1.29 is 28.7 Å². The molecule has 0 radical (unpaired) electrons. The van der Waals surface area contributed by atoms with E-state index < -0.39 is 53.9 Å². The van der Waals surface area contributed by atoms with Gasteiger partial charge in [-0.15, -0.1) is 0 Å². The first-order valence-corrected chi connectivity index (χ1v) is 17.1. The number of benzene rings is 2. The van der Waals surface area contributed by atoms with Gasteiger partial charge in [0.25, 0.3) is 0 Å². The van der Waals surface area contributed by atoms with Gasteiger partial charge in [-0.3, -0.25) is 24.0 Å². The Bertz CT molecular complexity index is 1570. The molecule has 2 heterocycles. The zero-order valence-corrected chi connectivity index (χ0v) is 29.2. The van der Waals surface area contributed by atoms with Crippen molar-refractivity contribution in [3.63, 3.8) is 0 Å². The highest BCUT2D eigenvalue weighted by Gasteiger charge is 2.41. The number of carbonyl (C=O) groups is 5. The van der Waals surface area contributed by atoms with E-state index in [-0.39, 0.29) is 30.9 Å². The fourth-order valence-corrected chi connectivity index (χ4v) is 6.37. The quantitative estimate of drug-likeness (QED) is 0.235. The van der Waals surface area contributed by atoms with Gasteiger partial charge in [-0.05, 0) is 62.3 Å². The lowest BCUT2D eigenvalue weighted by atomic mass is 9.89. The number of fused-ring (bicyclic) bond motifs is 2. The van der Waals surface area contributed by atoms with Crippen molar-refractivity contribution in [2.75, 3.05) is 11.9 Å². The molecule has 0 aliphatic carbocycles. The van der Waals surface area contributed by atoms with Crippen molar-refractivity contribution in [2.45, 2.75) is 110 Å². The van der Waals surface area contributed by atoms with E-state index in [1.54, 1.807) is 33.8 Å². The van der Waals surface area contributed by atoms with Crippen molar-refractivity contribution in [1.82, 2.24) is 20.9 Å². The topological polar surface area (TPSA) is 170 Å². The molecule has 49 heavy (non-hydrogen) atoms. The maximum Gasteiger partial charge on any atom is 0.309 e. The molecular formula is C37H48N6O6. The third-order valence-corrected chi connectivity index (χ3v) is 8.80. The molecule has 1 unspecified atom stereocenters. The number of nitriles is 1. The van der Waals surface area contributed by atoms with Gasteiger partial charge in [0.15, 0.2) is 0 Å². The number of hydrogen-bond acceptors (Lipinski definition) is 8. The van der Waals surface area contributed by atoms with E-state index in [0.29, 0.717) is 31.2 Å². The molecule has 4 amide bonds. The number of rotatable bonds is 13. The second-order valence-electron chi connectivity index (χ2n) is 13.5. The fourth-order valence-electron chi connectivity index (χ4n) is 6.37. The summed E-state index contributed by atoms with van der Waals surface area (Å²) in [7, 11) is 0. The van der Waals surface area contributed by atoms with Gasteiger partial charge in [-0.1, -0.05) is 69.2 Å². The number of esters is 1. The molecule has 5 atom stereocenters. The first kappa shape index (κ1) is 36.9. The summed E-state index contributed by atoms with van der Waals surface area (Å²) >= 11 is 0. The summed E-state index contributed by atoms with van der Waals surface area (Å²) in [6.45, 7) is 11.0. The lowest BCUT2D eigenvalue weighted by Gasteiger charge is -2.39. The maximum atomic E-state index is 14.4. The first-order valence-electron chi connectivity index (χ1n) is 17.1. The highest BCUT2D eigenvalue weighted by Crippen LogP contribution is 2.32. The van der Waals surface area contributed by atoms with Crippen LogP contribution in [-0.4, -0.2) is 71.3 Å². The minimum absolute atomic E-state index is 0.197. The molecule has 0 saturated carbocycles. The number of amides is 4. The minimum atomic E-state index is -1.17. The summed E-state index contributed by atoms with van der Waals surface area (Å²) in [5.74, 6) is -2.85. The van der Waals surface area contributed by atoms with Crippen LogP contribution in [0.1, 0.15) is 82.2 Å². The number of carbonyl (C=O) groups excluding carboxylic acids is 5. The highest BCUT2D eigenvalue weighted by atomic mass is 16.5. The molecule has 262 valence electrons. The van der Waals surface area contributed by atoms with Crippen LogP contribution < -0.4 is 21.3 Å². The number of anilines is 1. The van der Waals surface area contributed by atoms with Gasteiger partial charge in [-0.2, -0.15) is 5.26 Å². The van der Waals surface area contributed by atoms with Crippen LogP contribution in [0.5, 0.6) is 0 Å². The largest absolute Gasteiger partial charge is 0.463 e. The molecule has 0 spiro atoms. The molecule has 0 bridgehead atoms. The number of para-hydroxylation sites is 1. The zero-order chi connectivity index (χ0) is 35.8. The molecule has 2 aliphatic rings. The molecule has 2 aromatic rings. The molecule has 4 N–H and O–H groups in total. The van der Waals surface area contributed by atoms with Crippen LogP contribution in [0.4, 0.5) is 5.69 Å². The van der Waals surface area contributed by atoms with Gasteiger partial charge in [0.1, 0.15) is 30.2 Å². The van der Waals surface area contributed by atoms with Crippen LogP contribution in [-0.2, 0) is 41.6 Å². The Balaban J connectivity index is 1.53. The van der Waals surface area contributed by atoms with Gasteiger partial charge in [-0.25, -0.2) is 0 Å². The van der Waals surface area contributed by atoms with Gasteiger partial charge < -0.3 is 30.9 Å². The number of aryl methyl sites for hydroxylation is 1. The van der Waals surface area contributed by atoms with E-state index in [4.69, 9.17) is 4.74 Å². The van der Waals surface area contributed by atoms with E-state index in [2.05, 4.69) is 21.3 Å². The number of hydrogen-bond donors (Lipinski definition) is 4. The number of nitrogens with one attached hydrogen (secondary N) is 4. The molecule has 12 nitrogen and oxygen atoms in total. The Kier molecular flexibility index (Phi) is 12.4. The number of nitrogens with zero attached hydrogens (tertiary/aromatic N) is 2. The predicted octanol–water partition coefficient (Wildman–Crippen LogP) is 3.23. The van der Waals surface area contributed by atoms with Crippen LogP contribution in [0.3, 0.4) is 0 Å². The number of ether oxygens (including phenoxy) is 1. The van der Waals surface area contributed by atoms with Gasteiger partial charge >= 0.3 is 5.97 Å². The molecule has 12 heteroatoms. The first-order chi connectivity index (χ1) is 23.3. The maximum absolute atomic E-state index is 14.4. The van der Waals surface area contributed by atoms with Crippen LogP contribution in [0.2, 0.25) is 0 Å². The van der Waals surface area contributed by atoms with E-state index in [0.717, 1.165) is 22.4 Å². The fraction of sp³-hybridized carbons (Fsp3) is 0.514. The third-order valence-electron chi connectivity index (χ3n) is 8.80. The van der Waals surface area contributed by atoms with Crippen LogP contribution >= 0.6 is 0 Å². The molecular weight excluding hydrogens is 624 g/mol. The van der Waals surface area contributed by atoms with Gasteiger partial charge in [0.05, 0.1) is 18.6 Å². The van der Waals surface area contributed by atoms with Crippen molar-refractivity contribution in [1.29, 1.82) is 5.26 Å². The van der Waals surface area contributed by atoms with Gasteiger partial charge in [0, 0.05) is 18.7 Å². The van der Waals surface area contributed by atoms with E-state index >= 15 is 0 Å². The molecule has 0 saturated heterocycles. The summed E-state index contributed by atoms with van der Waals surface area (Å²) in [5, 5.41) is 21.4. The van der Waals surface area contributed by atoms with Crippen molar-refractivity contribution in [3.05, 3.63) is 64.7 Å². The second-order valence-corrected chi connectivity index (χ2v) is 13.5. The van der Waals surface area contributed by atoms with Crippen molar-refractivity contribution >= 4 is 35.3 Å². The Morgan fingerprint density at radius 1 is 1.00 bits per heavy atom. The lowest BCUT2D eigenvalue weighted by molar-refractivity contribution is -0.148. The molecule has 0 aromatic heterocycles. The molecule has 0 fully saturated rings. The molecule has 2 aromatic carbocycles. The standard InChI is InChI=1S/C37H48N6O6/c1-7-10-29(41-35(46)30-18-25-11-8-9-12-28(25)40-30)34(45)42-32(21(2)3)37(48)43-16-15-24-17-23(6)13-14-27(24)33(43)36(47)39-26(20-38)19-31(44)49-22(4)5/h8-9,11-14,17,21-22,26,29-30,32-33,40H,7,10,15-16,18-19H2,1-6H3,(H,39,47)(H,41,46)(H,42,45)/t26-,29-,30?,32-,33-/m0/s1. The summed E-state index contributed by atoms with van der Waals surface area (Å²) < 4.78 is 5.16. The third kappa shape index (κ3) is 9.16. The van der Waals surface area contributed by atoms with Crippen molar-refractivity contribution in [3.8, 4) is 6.07 Å². The molecule has 4 rings (SSSR count). The average Bonchev–Trinajstić information content (AvgIpc) is 3.50. The van der Waals surface area contributed by atoms with E-state index in [1.807, 2.05) is 56.3 Å². The Morgan fingerprint density at radius 2 is 1.73 bits per heavy atom. The van der Waals surface area contributed by atoms with Crippen LogP contribution in [0.25, 0.3) is 0 Å². The zero-order valence-electron chi connectivity index (χ0n) is 29.2. The molecule has 2 aliphatic heterocycles. The Hall–Kier alpha value is -4.92. The summed E-state index contributed by atoms with van der Waals surface area (Å²) in [5.41, 5.74) is 4.42.